The van der Waals surface area contributed by atoms with E-state index in [9.17, 15) is 9.50 Å². The number of hydrogen-bond donors (Lipinski definition) is 2. The lowest BCUT2D eigenvalue weighted by molar-refractivity contribution is 0.00106. The van der Waals surface area contributed by atoms with Crippen LogP contribution in [-0.4, -0.2) is 38.3 Å². The van der Waals surface area contributed by atoms with Gasteiger partial charge in [-0.1, -0.05) is 0 Å². The van der Waals surface area contributed by atoms with E-state index in [0.29, 0.717) is 13.1 Å². The molecule has 0 aliphatic carbocycles. The van der Waals surface area contributed by atoms with Crippen LogP contribution in [0, 0.1) is 5.82 Å². The number of halogens is 1. The molecule has 2 aromatic heterocycles. The fourth-order valence-electron chi connectivity index (χ4n) is 3.17. The van der Waals surface area contributed by atoms with E-state index >= 15 is 0 Å². The fourth-order valence-corrected chi connectivity index (χ4v) is 4.01. The van der Waals surface area contributed by atoms with Crippen molar-refractivity contribution in [3.8, 4) is 22.1 Å². The molecule has 3 aromatic rings. The summed E-state index contributed by atoms with van der Waals surface area (Å²) in [7, 11) is 0. The van der Waals surface area contributed by atoms with Crippen LogP contribution in [0.1, 0.15) is 12.8 Å². The van der Waals surface area contributed by atoms with E-state index in [1.54, 1.807) is 18.3 Å². The number of thiazole rings is 1. The normalized spacial score (nSPS) is 20.7. The lowest BCUT2D eigenvalue weighted by Gasteiger charge is -2.33. The van der Waals surface area contributed by atoms with Gasteiger partial charge in [-0.3, -0.25) is 0 Å². The zero-order valence-electron chi connectivity index (χ0n) is 13.7. The van der Waals surface area contributed by atoms with E-state index in [0.717, 1.165) is 41.5 Å². The molecule has 7 heteroatoms. The van der Waals surface area contributed by atoms with Crippen LogP contribution in [0.5, 0.6) is 0 Å². The third-order valence-electron chi connectivity index (χ3n) is 4.47. The van der Waals surface area contributed by atoms with Gasteiger partial charge >= 0.3 is 0 Å². The van der Waals surface area contributed by atoms with Gasteiger partial charge in [-0.15, -0.1) is 11.3 Å². The van der Waals surface area contributed by atoms with Gasteiger partial charge in [0.25, 0.3) is 0 Å². The van der Waals surface area contributed by atoms with Gasteiger partial charge in [0.15, 0.2) is 10.8 Å². The summed E-state index contributed by atoms with van der Waals surface area (Å²) in [4.78, 5) is 9.07. The number of aromatic nitrogens is 3. The first kappa shape index (κ1) is 16.4. The molecule has 1 atom stereocenters. The summed E-state index contributed by atoms with van der Waals surface area (Å²) in [6.45, 7) is 2.02. The fraction of sp³-hybridized carbons (Fsp3) is 0.333. The number of benzene rings is 1. The molecule has 1 unspecified atom stereocenters. The highest BCUT2D eigenvalue weighted by atomic mass is 32.1. The van der Waals surface area contributed by atoms with Crippen molar-refractivity contribution in [2.24, 2.45) is 0 Å². The minimum absolute atomic E-state index is 0.260. The Hall–Kier alpha value is -2.09. The minimum Gasteiger partial charge on any atom is -0.387 e. The maximum absolute atomic E-state index is 13.1. The maximum Gasteiger partial charge on any atom is 0.169 e. The highest BCUT2D eigenvalue weighted by Gasteiger charge is 2.30. The van der Waals surface area contributed by atoms with Crippen LogP contribution in [0.2, 0.25) is 0 Å². The lowest BCUT2D eigenvalue weighted by atomic mass is 9.94. The number of aliphatic hydroxyl groups is 1. The molecule has 0 radical (unpaired) electrons. The van der Waals surface area contributed by atoms with Crippen LogP contribution in [0.4, 0.5) is 4.39 Å². The van der Waals surface area contributed by atoms with E-state index in [1.165, 1.54) is 23.5 Å². The summed E-state index contributed by atoms with van der Waals surface area (Å²) in [6, 6.07) is 6.30. The van der Waals surface area contributed by atoms with Crippen LogP contribution < -0.4 is 5.32 Å². The van der Waals surface area contributed by atoms with Crippen molar-refractivity contribution in [3.63, 3.8) is 0 Å². The molecule has 1 aliphatic rings. The molecule has 1 saturated heterocycles. The van der Waals surface area contributed by atoms with Crippen molar-refractivity contribution in [1.29, 1.82) is 0 Å². The summed E-state index contributed by atoms with van der Waals surface area (Å²) in [5, 5.41) is 16.7. The third-order valence-corrected chi connectivity index (χ3v) is 5.30. The van der Waals surface area contributed by atoms with Crippen LogP contribution in [0.3, 0.4) is 0 Å². The van der Waals surface area contributed by atoms with Crippen molar-refractivity contribution in [2.75, 3.05) is 13.1 Å². The van der Waals surface area contributed by atoms with Crippen molar-refractivity contribution in [3.05, 3.63) is 47.9 Å². The van der Waals surface area contributed by atoms with Crippen molar-refractivity contribution >= 4 is 11.3 Å². The Bertz CT molecular complexity index is 852. The smallest absolute Gasteiger partial charge is 0.169 e. The SMILES string of the molecule is OC1(Cn2ccnc2-c2nc(-c3ccc(F)cc3)cs2)CCCNC1. The molecule has 2 N–H and O–H groups in total. The molecule has 0 saturated carbocycles. The van der Waals surface area contributed by atoms with E-state index in [-0.39, 0.29) is 5.82 Å². The van der Waals surface area contributed by atoms with Gasteiger partial charge in [-0.25, -0.2) is 14.4 Å². The lowest BCUT2D eigenvalue weighted by Crippen LogP contribution is -2.48. The molecule has 3 heterocycles. The van der Waals surface area contributed by atoms with Crippen LogP contribution >= 0.6 is 11.3 Å². The van der Waals surface area contributed by atoms with E-state index < -0.39 is 5.60 Å². The average Bonchev–Trinajstić information content (AvgIpc) is 3.25. The van der Waals surface area contributed by atoms with Gasteiger partial charge in [-0.2, -0.15) is 0 Å². The molecule has 1 fully saturated rings. The van der Waals surface area contributed by atoms with Gasteiger partial charge < -0.3 is 15.0 Å². The van der Waals surface area contributed by atoms with Crippen LogP contribution in [0.15, 0.2) is 42.0 Å². The number of hydrogen-bond acceptors (Lipinski definition) is 5. The first-order valence-corrected chi connectivity index (χ1v) is 9.17. The Morgan fingerprint density at radius 3 is 2.92 bits per heavy atom. The first-order valence-electron chi connectivity index (χ1n) is 8.29. The maximum atomic E-state index is 13.1. The Morgan fingerprint density at radius 2 is 2.16 bits per heavy atom. The molecular weight excluding hydrogens is 339 g/mol. The summed E-state index contributed by atoms with van der Waals surface area (Å²) in [5.41, 5.74) is 0.912. The average molecular weight is 358 g/mol. The molecule has 0 bridgehead atoms. The number of imidazole rings is 1. The Kier molecular flexibility index (Phi) is 4.37. The monoisotopic (exact) mass is 358 g/mol. The Labute approximate surface area is 149 Å². The van der Waals surface area contributed by atoms with Crippen LogP contribution in [-0.2, 0) is 6.54 Å². The van der Waals surface area contributed by atoms with E-state index in [1.807, 2.05) is 16.1 Å². The number of nitrogens with zero attached hydrogens (tertiary/aromatic N) is 3. The number of piperidine rings is 1. The van der Waals surface area contributed by atoms with Gasteiger partial charge in [0.05, 0.1) is 17.8 Å². The first-order chi connectivity index (χ1) is 12.1. The second-order valence-electron chi connectivity index (χ2n) is 6.43. The molecule has 5 nitrogen and oxygen atoms in total. The highest BCUT2D eigenvalue weighted by molar-refractivity contribution is 7.13. The quantitative estimate of drug-likeness (QED) is 0.753. The number of rotatable bonds is 4. The standard InChI is InChI=1S/C18H19FN4OS/c19-14-4-2-13(3-5-14)15-10-25-17(22-15)16-21-8-9-23(16)12-18(24)6-1-7-20-11-18/h2-5,8-10,20,24H,1,6-7,11-12H2. The van der Waals surface area contributed by atoms with Gasteiger partial charge in [0.1, 0.15) is 5.82 Å². The molecule has 1 aliphatic heterocycles. The number of nitrogens with one attached hydrogen (secondary N) is 1. The van der Waals surface area contributed by atoms with Crippen LogP contribution in [0.25, 0.3) is 22.1 Å². The molecular formula is C18H19FN4OS. The molecule has 25 heavy (non-hydrogen) atoms. The van der Waals surface area contributed by atoms with E-state index in [4.69, 9.17) is 0 Å². The van der Waals surface area contributed by atoms with Crippen molar-refractivity contribution in [2.45, 2.75) is 25.0 Å². The minimum atomic E-state index is -0.759. The third kappa shape index (κ3) is 3.49. The summed E-state index contributed by atoms with van der Waals surface area (Å²) >= 11 is 1.50. The predicted octanol–water partition coefficient (Wildman–Crippen LogP) is 2.93. The summed E-state index contributed by atoms with van der Waals surface area (Å²) in [6.07, 6.45) is 5.34. The zero-order valence-corrected chi connectivity index (χ0v) is 14.5. The van der Waals surface area contributed by atoms with Crippen molar-refractivity contribution in [1.82, 2.24) is 19.9 Å². The van der Waals surface area contributed by atoms with E-state index in [2.05, 4.69) is 15.3 Å². The molecule has 4 rings (SSSR count). The van der Waals surface area contributed by atoms with Gasteiger partial charge in [0, 0.05) is 29.9 Å². The Morgan fingerprint density at radius 1 is 1.32 bits per heavy atom. The predicted molar refractivity (Wildman–Crippen MR) is 95.8 cm³/mol. The largest absolute Gasteiger partial charge is 0.387 e. The summed E-state index contributed by atoms with van der Waals surface area (Å²) in [5.74, 6) is 0.487. The molecule has 1 aromatic carbocycles. The molecule has 0 spiro atoms. The number of β-amino-alcohol motifs (C(OH)–C–C–N with tert-alkyl or cyclic N) is 1. The summed E-state index contributed by atoms with van der Waals surface area (Å²) < 4.78 is 15.0. The second-order valence-corrected chi connectivity index (χ2v) is 7.29. The highest BCUT2D eigenvalue weighted by Crippen LogP contribution is 2.29. The van der Waals surface area contributed by atoms with Crippen molar-refractivity contribution < 1.29 is 9.50 Å². The molecule has 130 valence electrons. The zero-order chi connectivity index (χ0) is 17.3. The molecule has 0 amide bonds. The van der Waals surface area contributed by atoms with Gasteiger partial charge in [0.2, 0.25) is 0 Å². The van der Waals surface area contributed by atoms with Gasteiger partial charge in [-0.05, 0) is 43.7 Å². The second kappa shape index (κ2) is 6.67. The Balaban J connectivity index is 1.59. The topological polar surface area (TPSA) is 63.0 Å².